The third-order valence-electron chi connectivity index (χ3n) is 3.87. The molecule has 0 bridgehead atoms. The number of aromatic nitrogens is 2. The Balaban J connectivity index is 2.38. The van der Waals surface area contributed by atoms with E-state index in [2.05, 4.69) is 10.3 Å². The van der Waals surface area contributed by atoms with Gasteiger partial charge in [0.15, 0.2) is 0 Å². The smallest absolute Gasteiger partial charge is 0.263 e. The number of rotatable bonds is 6. The average molecular weight is 344 g/mol. The van der Waals surface area contributed by atoms with E-state index in [-0.39, 0.29) is 17.2 Å². The zero-order valence-corrected chi connectivity index (χ0v) is 15.2. The van der Waals surface area contributed by atoms with Gasteiger partial charge >= 0.3 is 0 Å². The van der Waals surface area contributed by atoms with Gasteiger partial charge in [0.1, 0.15) is 11.3 Å². The normalized spacial score (nSPS) is 12.1. The summed E-state index contributed by atoms with van der Waals surface area (Å²) < 4.78 is 6.72. The van der Waals surface area contributed by atoms with E-state index in [9.17, 15) is 9.59 Å². The second-order valence-corrected chi connectivity index (χ2v) is 6.21. The van der Waals surface area contributed by atoms with Gasteiger partial charge in [-0.3, -0.25) is 9.59 Å². The summed E-state index contributed by atoms with van der Waals surface area (Å²) in [6.45, 7) is 4.39. The van der Waals surface area contributed by atoms with Crippen LogP contribution >= 0.6 is 0 Å². The molecule has 7 heteroatoms. The van der Waals surface area contributed by atoms with E-state index in [1.807, 2.05) is 25.9 Å². The van der Waals surface area contributed by atoms with Gasteiger partial charge in [-0.15, -0.1) is 0 Å². The Bertz CT molecular complexity index is 814. The Morgan fingerprint density at radius 3 is 2.76 bits per heavy atom. The quantitative estimate of drug-likeness (QED) is 0.866. The maximum absolute atomic E-state index is 12.8. The van der Waals surface area contributed by atoms with Crippen LogP contribution in [0.3, 0.4) is 0 Å². The van der Waals surface area contributed by atoms with Gasteiger partial charge < -0.3 is 19.5 Å². The topological polar surface area (TPSA) is 76.5 Å². The minimum atomic E-state index is -0.472. The van der Waals surface area contributed by atoms with Gasteiger partial charge in [0.2, 0.25) is 5.88 Å². The van der Waals surface area contributed by atoms with Gasteiger partial charge in [-0.1, -0.05) is 0 Å². The molecule has 2 aromatic heterocycles. The molecule has 1 amide bonds. The third kappa shape index (κ3) is 4.24. The summed E-state index contributed by atoms with van der Waals surface area (Å²) in [6, 6.07) is 5.09. The molecule has 25 heavy (non-hydrogen) atoms. The number of methoxy groups -OCH3 is 1. The first-order valence-corrected chi connectivity index (χ1v) is 8.02. The zero-order valence-electron chi connectivity index (χ0n) is 15.2. The van der Waals surface area contributed by atoms with Gasteiger partial charge in [0.25, 0.3) is 11.5 Å². The molecule has 0 spiro atoms. The lowest BCUT2D eigenvalue weighted by Crippen LogP contribution is -2.34. The van der Waals surface area contributed by atoms with Crippen molar-refractivity contribution < 1.29 is 9.53 Å². The van der Waals surface area contributed by atoms with Gasteiger partial charge in [-0.2, -0.15) is 0 Å². The van der Waals surface area contributed by atoms with E-state index in [0.29, 0.717) is 23.7 Å². The highest BCUT2D eigenvalue weighted by atomic mass is 16.5. The summed E-state index contributed by atoms with van der Waals surface area (Å²) >= 11 is 0. The molecule has 0 saturated carbocycles. The maximum atomic E-state index is 12.8. The second kappa shape index (κ2) is 7.94. The fourth-order valence-corrected chi connectivity index (χ4v) is 2.71. The fourth-order valence-electron chi connectivity index (χ4n) is 2.71. The van der Waals surface area contributed by atoms with E-state index in [0.717, 1.165) is 0 Å². The molecule has 2 rings (SSSR count). The van der Waals surface area contributed by atoms with Crippen LogP contribution < -0.4 is 15.6 Å². The van der Waals surface area contributed by atoms with Crippen molar-refractivity contribution in [2.75, 3.05) is 33.1 Å². The summed E-state index contributed by atoms with van der Waals surface area (Å²) in [5.41, 5.74) is 0.859. The molecular formula is C18H24N4O3. The first kappa shape index (κ1) is 18.7. The number of aryl methyl sites for hydroxylation is 1. The van der Waals surface area contributed by atoms with Crippen LogP contribution in [0.4, 0.5) is 5.69 Å². The molecule has 2 aromatic rings. The highest BCUT2D eigenvalue weighted by molar-refractivity contribution is 6.05. The van der Waals surface area contributed by atoms with Crippen molar-refractivity contribution in [1.82, 2.24) is 14.5 Å². The minimum Gasteiger partial charge on any atom is -0.480 e. The first-order chi connectivity index (χ1) is 11.8. The standard InChI is InChI=1S/C18H24N4O3/c1-12-8-10-22(13(2)11-21(3)4)18(24)15(12)16(23)20-14-7-6-9-19-17(14)25-5/h6-10,13H,11H2,1-5H3,(H,20,23). The largest absolute Gasteiger partial charge is 0.480 e. The van der Waals surface area contributed by atoms with Crippen LogP contribution in [0.1, 0.15) is 28.9 Å². The lowest BCUT2D eigenvalue weighted by molar-refractivity contribution is 0.102. The van der Waals surface area contributed by atoms with Gasteiger partial charge in [-0.25, -0.2) is 4.98 Å². The third-order valence-corrected chi connectivity index (χ3v) is 3.87. The predicted molar refractivity (Wildman–Crippen MR) is 97.4 cm³/mol. The summed E-state index contributed by atoms with van der Waals surface area (Å²) in [5, 5.41) is 2.72. The molecule has 1 unspecified atom stereocenters. The molecule has 0 aliphatic rings. The number of nitrogens with zero attached hydrogens (tertiary/aromatic N) is 3. The van der Waals surface area contributed by atoms with Gasteiger partial charge in [0, 0.05) is 25.0 Å². The monoisotopic (exact) mass is 344 g/mol. The molecule has 1 atom stereocenters. The van der Waals surface area contributed by atoms with Crippen molar-refractivity contribution in [2.45, 2.75) is 19.9 Å². The second-order valence-electron chi connectivity index (χ2n) is 6.21. The number of likely N-dealkylation sites (N-methyl/N-ethyl adjacent to an activating group) is 1. The van der Waals surface area contributed by atoms with E-state index in [1.54, 1.807) is 42.1 Å². The summed E-state index contributed by atoms with van der Waals surface area (Å²) in [7, 11) is 5.36. The van der Waals surface area contributed by atoms with Crippen LogP contribution in [0, 0.1) is 6.92 Å². The van der Waals surface area contributed by atoms with Crippen molar-refractivity contribution in [3.63, 3.8) is 0 Å². The fraction of sp³-hybridized carbons (Fsp3) is 0.389. The predicted octanol–water partition coefficient (Wildman–Crippen LogP) is 1.94. The average Bonchev–Trinajstić information content (AvgIpc) is 2.54. The van der Waals surface area contributed by atoms with Crippen LogP contribution in [0.15, 0.2) is 35.4 Å². The van der Waals surface area contributed by atoms with E-state index in [4.69, 9.17) is 4.74 Å². The molecule has 0 fully saturated rings. The SMILES string of the molecule is COc1ncccc1NC(=O)c1c(C)ccn(C(C)CN(C)C)c1=O. The van der Waals surface area contributed by atoms with Crippen LogP contribution in [-0.2, 0) is 0 Å². The summed E-state index contributed by atoms with van der Waals surface area (Å²) in [4.78, 5) is 31.6. The van der Waals surface area contributed by atoms with Crippen molar-refractivity contribution in [1.29, 1.82) is 0 Å². The van der Waals surface area contributed by atoms with E-state index in [1.165, 1.54) is 7.11 Å². The number of pyridine rings is 2. The number of carbonyl (C=O) groups excluding carboxylic acids is 1. The van der Waals surface area contributed by atoms with Crippen LogP contribution in [0.5, 0.6) is 5.88 Å². The zero-order chi connectivity index (χ0) is 18.6. The molecule has 0 radical (unpaired) electrons. The molecule has 7 nitrogen and oxygen atoms in total. The molecule has 134 valence electrons. The van der Waals surface area contributed by atoms with Gasteiger partial charge in [0.05, 0.1) is 7.11 Å². The Kier molecular flexibility index (Phi) is 5.93. The lowest BCUT2D eigenvalue weighted by Gasteiger charge is -2.20. The molecular weight excluding hydrogens is 320 g/mol. The van der Waals surface area contributed by atoms with Crippen LogP contribution in [0.25, 0.3) is 0 Å². The van der Waals surface area contributed by atoms with Crippen molar-refractivity contribution in [3.05, 3.63) is 52.1 Å². The molecule has 2 heterocycles. The number of hydrogen-bond acceptors (Lipinski definition) is 5. The van der Waals surface area contributed by atoms with E-state index >= 15 is 0 Å². The number of carbonyl (C=O) groups is 1. The Hall–Kier alpha value is -2.67. The molecule has 0 aromatic carbocycles. The Morgan fingerprint density at radius 2 is 2.12 bits per heavy atom. The van der Waals surface area contributed by atoms with Gasteiger partial charge in [-0.05, 0) is 51.7 Å². The molecule has 0 saturated heterocycles. The number of hydrogen-bond donors (Lipinski definition) is 1. The maximum Gasteiger partial charge on any atom is 0.263 e. The Morgan fingerprint density at radius 1 is 1.40 bits per heavy atom. The van der Waals surface area contributed by atoms with Crippen molar-refractivity contribution in [3.8, 4) is 5.88 Å². The molecule has 1 N–H and O–H groups in total. The van der Waals surface area contributed by atoms with Crippen LogP contribution in [0.2, 0.25) is 0 Å². The molecule has 0 aliphatic carbocycles. The highest BCUT2D eigenvalue weighted by Gasteiger charge is 2.19. The number of ether oxygens (including phenoxy) is 1. The first-order valence-electron chi connectivity index (χ1n) is 8.02. The number of nitrogens with one attached hydrogen (secondary N) is 1. The lowest BCUT2D eigenvalue weighted by atomic mass is 10.1. The Labute approximate surface area is 147 Å². The molecule has 0 aliphatic heterocycles. The number of amides is 1. The highest BCUT2D eigenvalue weighted by Crippen LogP contribution is 2.20. The number of anilines is 1. The van der Waals surface area contributed by atoms with Crippen LogP contribution in [-0.4, -0.2) is 48.1 Å². The van der Waals surface area contributed by atoms with Crippen molar-refractivity contribution >= 4 is 11.6 Å². The van der Waals surface area contributed by atoms with Crippen molar-refractivity contribution in [2.24, 2.45) is 0 Å². The minimum absolute atomic E-state index is 0.0532. The summed E-state index contributed by atoms with van der Waals surface area (Å²) in [6.07, 6.45) is 3.30. The summed E-state index contributed by atoms with van der Waals surface area (Å²) in [5.74, 6) is -0.175. The van der Waals surface area contributed by atoms with E-state index < -0.39 is 5.91 Å².